The van der Waals surface area contributed by atoms with E-state index in [4.69, 9.17) is 32.9 Å². The highest BCUT2D eigenvalue weighted by atomic mass is 35.5. The van der Waals surface area contributed by atoms with Gasteiger partial charge >= 0.3 is 0 Å². The Morgan fingerprint density at radius 1 is 0.904 bits per heavy atom. The standard InChI is InChI=1S/C38H38Cl2N6O5S/c1-51-37-24(19-41-22-27-9-11-34(47)44-27)8-10-32(45-37)31-7-3-6-30(36(31)40)29-5-2-4-28(35(29)39)23-12-15-46-33(18-23)43-21-25(38(46)48)20-42-26-13-16-52(49,50)17-14-26/h2-8,10,12,15,18,21,26-27,41-42H,9,11,13-14,16-17,19-20,22H2,1H3,(H,44,47). The van der Waals surface area contributed by atoms with Gasteiger partial charge in [0, 0.05) is 78.3 Å². The van der Waals surface area contributed by atoms with Gasteiger partial charge in [-0.15, -0.1) is 0 Å². The second kappa shape index (κ2) is 15.3. The normalized spacial score (nSPS) is 17.4. The maximum absolute atomic E-state index is 13.3. The quantitative estimate of drug-likeness (QED) is 0.160. The lowest BCUT2D eigenvalue weighted by Crippen LogP contribution is -2.38. The zero-order chi connectivity index (χ0) is 36.4. The molecule has 3 N–H and O–H groups in total. The van der Waals surface area contributed by atoms with Crippen LogP contribution in [0.2, 0.25) is 10.0 Å². The summed E-state index contributed by atoms with van der Waals surface area (Å²) in [5.41, 5.74) is 6.05. The largest absolute Gasteiger partial charge is 0.481 e. The molecule has 5 aromatic rings. The van der Waals surface area contributed by atoms with Crippen LogP contribution in [0.3, 0.4) is 0 Å². The highest BCUT2D eigenvalue weighted by Gasteiger charge is 2.24. The SMILES string of the molecule is COc1nc(-c2cccc(-c3cccc(-c4ccn5c(=O)c(CNC6CCS(=O)(=O)CC6)cnc5c4)c3Cl)c2Cl)ccc1CNCC1CCC(=O)N1. The topological polar surface area (TPSA) is 144 Å². The van der Waals surface area contributed by atoms with Crippen molar-refractivity contribution in [1.29, 1.82) is 0 Å². The average molecular weight is 762 g/mol. The molecule has 2 saturated heterocycles. The third-order valence-electron chi connectivity index (χ3n) is 9.71. The molecule has 1 amide bonds. The number of carbonyl (C=O) groups excluding carboxylic acids is 1. The Bertz CT molecular complexity index is 2320. The van der Waals surface area contributed by atoms with E-state index in [1.54, 1.807) is 19.5 Å². The van der Waals surface area contributed by atoms with E-state index < -0.39 is 9.84 Å². The van der Waals surface area contributed by atoms with Crippen molar-refractivity contribution in [2.24, 2.45) is 0 Å². The third kappa shape index (κ3) is 7.72. The van der Waals surface area contributed by atoms with Crippen LogP contribution in [0.15, 0.2) is 77.9 Å². The van der Waals surface area contributed by atoms with Gasteiger partial charge in [0.05, 0.1) is 39.9 Å². The summed E-state index contributed by atoms with van der Waals surface area (Å²) in [4.78, 5) is 34.2. The van der Waals surface area contributed by atoms with Crippen LogP contribution in [0.1, 0.15) is 36.8 Å². The van der Waals surface area contributed by atoms with Gasteiger partial charge in [-0.2, -0.15) is 0 Å². The fourth-order valence-electron chi connectivity index (χ4n) is 6.79. The number of methoxy groups -OCH3 is 1. The molecule has 2 aliphatic heterocycles. The van der Waals surface area contributed by atoms with Gasteiger partial charge in [-0.25, -0.2) is 18.4 Å². The van der Waals surface area contributed by atoms with Gasteiger partial charge in [0.25, 0.3) is 5.56 Å². The molecule has 2 aliphatic rings. The van der Waals surface area contributed by atoms with Crippen LogP contribution in [0.4, 0.5) is 0 Å². The first-order valence-corrected chi connectivity index (χ1v) is 19.7. The van der Waals surface area contributed by atoms with Crippen molar-refractivity contribution >= 4 is 44.6 Å². The number of hydrogen-bond donors (Lipinski definition) is 3. The Kier molecular flexibility index (Phi) is 10.6. The maximum atomic E-state index is 13.3. The lowest BCUT2D eigenvalue weighted by atomic mass is 9.97. The van der Waals surface area contributed by atoms with Crippen LogP contribution in [-0.4, -0.2) is 65.9 Å². The molecule has 11 nitrogen and oxygen atoms in total. The minimum atomic E-state index is -2.96. The summed E-state index contributed by atoms with van der Waals surface area (Å²) >= 11 is 14.2. The summed E-state index contributed by atoms with van der Waals surface area (Å²) in [6.07, 6.45) is 5.71. The number of nitrogens with one attached hydrogen (secondary N) is 3. The Hall–Kier alpha value is -4.33. The smallest absolute Gasteiger partial charge is 0.262 e. The predicted molar refractivity (Wildman–Crippen MR) is 204 cm³/mol. The minimum Gasteiger partial charge on any atom is -0.481 e. The summed E-state index contributed by atoms with van der Waals surface area (Å²) in [5, 5.41) is 10.7. The summed E-state index contributed by atoms with van der Waals surface area (Å²) in [5.74, 6) is 0.891. The second-order valence-corrected chi connectivity index (χ2v) is 16.2. The van der Waals surface area contributed by atoms with E-state index in [2.05, 4.69) is 20.9 Å². The van der Waals surface area contributed by atoms with E-state index in [9.17, 15) is 18.0 Å². The third-order valence-corrected chi connectivity index (χ3v) is 12.2. The Morgan fingerprint density at radius 3 is 2.33 bits per heavy atom. The molecule has 0 saturated carbocycles. The second-order valence-electron chi connectivity index (χ2n) is 13.2. The van der Waals surface area contributed by atoms with Crippen LogP contribution >= 0.6 is 23.2 Å². The number of halogens is 2. The number of sulfone groups is 1. The zero-order valence-electron chi connectivity index (χ0n) is 28.5. The molecule has 7 rings (SSSR count). The number of carbonyl (C=O) groups is 1. The van der Waals surface area contributed by atoms with Gasteiger partial charge < -0.3 is 20.7 Å². The van der Waals surface area contributed by atoms with Crippen molar-refractivity contribution in [3.8, 4) is 39.4 Å². The van der Waals surface area contributed by atoms with Crippen molar-refractivity contribution in [3.05, 3.63) is 105 Å². The summed E-state index contributed by atoms with van der Waals surface area (Å²) in [7, 11) is -1.38. The minimum absolute atomic E-state index is 0.0429. The molecule has 52 heavy (non-hydrogen) atoms. The highest BCUT2D eigenvalue weighted by molar-refractivity contribution is 7.91. The first-order chi connectivity index (χ1) is 25.1. The zero-order valence-corrected chi connectivity index (χ0v) is 30.8. The molecule has 2 fully saturated rings. The summed E-state index contributed by atoms with van der Waals surface area (Å²) in [6, 6.07) is 19.2. The van der Waals surface area contributed by atoms with Gasteiger partial charge in [-0.3, -0.25) is 14.0 Å². The number of fused-ring (bicyclic) bond motifs is 1. The Morgan fingerprint density at radius 2 is 1.62 bits per heavy atom. The molecule has 0 spiro atoms. The number of benzene rings is 2. The predicted octanol–water partition coefficient (Wildman–Crippen LogP) is 5.44. The highest BCUT2D eigenvalue weighted by Crippen LogP contribution is 2.42. The number of ether oxygens (including phenoxy) is 1. The number of rotatable bonds is 11. The van der Waals surface area contributed by atoms with E-state index in [0.29, 0.717) is 71.7 Å². The van der Waals surface area contributed by atoms with E-state index in [1.807, 2.05) is 60.7 Å². The lowest BCUT2D eigenvalue weighted by molar-refractivity contribution is -0.119. The van der Waals surface area contributed by atoms with E-state index in [0.717, 1.165) is 39.8 Å². The number of aromatic nitrogens is 3. The number of amides is 1. The van der Waals surface area contributed by atoms with Crippen LogP contribution in [0, 0.1) is 0 Å². The summed E-state index contributed by atoms with van der Waals surface area (Å²) in [6.45, 7) is 1.50. The molecule has 0 bridgehead atoms. The number of hydrogen-bond acceptors (Lipinski definition) is 9. The molecule has 2 aromatic carbocycles. The molecular weight excluding hydrogens is 723 g/mol. The van der Waals surface area contributed by atoms with Gasteiger partial charge in [-0.05, 0) is 43.0 Å². The van der Waals surface area contributed by atoms with Crippen LogP contribution in [0.5, 0.6) is 5.88 Å². The molecule has 3 aromatic heterocycles. The molecule has 0 radical (unpaired) electrons. The molecule has 1 unspecified atom stereocenters. The Balaban J connectivity index is 1.10. The van der Waals surface area contributed by atoms with Gasteiger partial charge in [0.15, 0.2) is 0 Å². The van der Waals surface area contributed by atoms with Gasteiger partial charge in [0.1, 0.15) is 15.5 Å². The van der Waals surface area contributed by atoms with Crippen molar-refractivity contribution < 1.29 is 17.9 Å². The first-order valence-electron chi connectivity index (χ1n) is 17.2. The van der Waals surface area contributed by atoms with E-state index in [1.165, 1.54) is 4.40 Å². The maximum Gasteiger partial charge on any atom is 0.262 e. The summed E-state index contributed by atoms with van der Waals surface area (Å²) < 4.78 is 30.7. The van der Waals surface area contributed by atoms with Crippen LogP contribution < -0.4 is 26.2 Å². The van der Waals surface area contributed by atoms with Crippen molar-refractivity contribution in [2.75, 3.05) is 25.2 Å². The fourth-order valence-corrected chi connectivity index (χ4v) is 8.95. The molecule has 270 valence electrons. The number of pyridine rings is 2. The average Bonchev–Trinajstić information content (AvgIpc) is 3.56. The molecule has 1 atom stereocenters. The van der Waals surface area contributed by atoms with E-state index >= 15 is 0 Å². The molecular formula is C38H38Cl2N6O5S. The van der Waals surface area contributed by atoms with Crippen molar-refractivity contribution in [1.82, 2.24) is 30.3 Å². The van der Waals surface area contributed by atoms with Crippen LogP contribution in [-0.2, 0) is 27.7 Å². The monoisotopic (exact) mass is 760 g/mol. The van der Waals surface area contributed by atoms with E-state index in [-0.39, 0.29) is 35.1 Å². The van der Waals surface area contributed by atoms with Crippen molar-refractivity contribution in [3.63, 3.8) is 0 Å². The molecule has 14 heteroatoms. The first kappa shape index (κ1) is 36.0. The molecule has 5 heterocycles. The number of nitrogens with zero attached hydrogens (tertiary/aromatic N) is 3. The van der Waals surface area contributed by atoms with Gasteiger partial charge in [-0.1, -0.05) is 65.7 Å². The van der Waals surface area contributed by atoms with Crippen LogP contribution in [0.25, 0.3) is 39.2 Å². The Labute approximate surface area is 311 Å². The molecule has 0 aliphatic carbocycles. The van der Waals surface area contributed by atoms with Gasteiger partial charge in [0.2, 0.25) is 11.8 Å². The van der Waals surface area contributed by atoms with Crippen molar-refractivity contribution in [2.45, 2.75) is 50.9 Å². The fraction of sp³-hybridized carbons (Fsp3) is 0.316. The lowest BCUT2D eigenvalue weighted by Gasteiger charge is -2.23.